The van der Waals surface area contributed by atoms with Gasteiger partial charge in [-0.2, -0.15) is 0 Å². The largest absolute Gasteiger partial charge is 0.380 e. The van der Waals surface area contributed by atoms with Gasteiger partial charge in [-0.15, -0.1) is 0 Å². The number of alkyl halides is 1. The van der Waals surface area contributed by atoms with E-state index in [0.29, 0.717) is 5.92 Å². The molecular formula is C10H13BrINO. The van der Waals surface area contributed by atoms with Gasteiger partial charge < -0.3 is 4.74 Å². The first-order chi connectivity index (χ1) is 6.70. The molecule has 0 aromatic carbocycles. The molecule has 0 aliphatic heterocycles. The third-order valence-corrected chi connectivity index (χ3v) is 3.77. The van der Waals surface area contributed by atoms with Crippen molar-refractivity contribution >= 4 is 38.5 Å². The van der Waals surface area contributed by atoms with Gasteiger partial charge in [0.05, 0.1) is 11.8 Å². The van der Waals surface area contributed by atoms with Crippen LogP contribution in [0.15, 0.2) is 22.8 Å². The Morgan fingerprint density at radius 1 is 1.64 bits per heavy atom. The summed E-state index contributed by atoms with van der Waals surface area (Å²) in [6.45, 7) is 2.14. The van der Waals surface area contributed by atoms with Crippen LogP contribution in [-0.2, 0) is 4.74 Å². The monoisotopic (exact) mass is 369 g/mol. The fraction of sp³-hybridized carbons (Fsp3) is 0.500. The first kappa shape index (κ1) is 12.4. The quantitative estimate of drug-likeness (QED) is 0.599. The van der Waals surface area contributed by atoms with E-state index in [9.17, 15) is 0 Å². The Balaban J connectivity index is 2.88. The average molecular weight is 370 g/mol. The third-order valence-electron chi connectivity index (χ3n) is 2.23. The summed E-state index contributed by atoms with van der Waals surface area (Å²) in [7, 11) is 1.75. The summed E-state index contributed by atoms with van der Waals surface area (Å²) >= 11 is 5.84. The van der Waals surface area contributed by atoms with Gasteiger partial charge in [-0.1, -0.05) is 29.5 Å². The third kappa shape index (κ3) is 2.90. The molecule has 0 bridgehead atoms. The van der Waals surface area contributed by atoms with Crippen molar-refractivity contribution in [3.63, 3.8) is 0 Å². The molecule has 0 saturated heterocycles. The predicted molar refractivity (Wildman–Crippen MR) is 70.0 cm³/mol. The smallest absolute Gasteiger partial charge is 0.0741 e. The van der Waals surface area contributed by atoms with Gasteiger partial charge in [-0.25, -0.2) is 0 Å². The minimum atomic E-state index is 0.224. The zero-order valence-electron chi connectivity index (χ0n) is 8.21. The van der Waals surface area contributed by atoms with Gasteiger partial charge in [0.15, 0.2) is 0 Å². The van der Waals surface area contributed by atoms with E-state index in [2.05, 4.69) is 50.4 Å². The second-order valence-corrected chi connectivity index (χ2v) is 4.82. The zero-order chi connectivity index (χ0) is 10.6. The summed E-state index contributed by atoms with van der Waals surface area (Å²) in [4.78, 5) is 4.36. The summed E-state index contributed by atoms with van der Waals surface area (Å²) in [6, 6.07) is 3.94. The number of aromatic nitrogens is 1. The Hall–Kier alpha value is 0.320. The van der Waals surface area contributed by atoms with Crippen LogP contribution in [0.1, 0.15) is 18.5 Å². The molecule has 14 heavy (non-hydrogen) atoms. The van der Waals surface area contributed by atoms with Gasteiger partial charge in [0.2, 0.25) is 0 Å². The molecule has 0 fully saturated rings. The second-order valence-electron chi connectivity index (χ2n) is 3.09. The van der Waals surface area contributed by atoms with Gasteiger partial charge in [0, 0.05) is 28.1 Å². The highest BCUT2D eigenvalue weighted by atomic mass is 127. The topological polar surface area (TPSA) is 22.1 Å². The van der Waals surface area contributed by atoms with Crippen molar-refractivity contribution in [2.75, 3.05) is 11.5 Å². The van der Waals surface area contributed by atoms with Gasteiger partial charge >= 0.3 is 0 Å². The molecule has 1 heterocycles. The van der Waals surface area contributed by atoms with Gasteiger partial charge in [0.25, 0.3) is 0 Å². The van der Waals surface area contributed by atoms with Crippen LogP contribution in [0.3, 0.4) is 0 Å². The van der Waals surface area contributed by atoms with E-state index in [1.165, 1.54) is 0 Å². The summed E-state index contributed by atoms with van der Waals surface area (Å²) in [6.07, 6.45) is 2.04. The van der Waals surface area contributed by atoms with Crippen molar-refractivity contribution < 1.29 is 4.74 Å². The van der Waals surface area contributed by atoms with Crippen LogP contribution in [0, 0.1) is 0 Å². The van der Waals surface area contributed by atoms with E-state index < -0.39 is 0 Å². The normalized spacial score (nSPS) is 15.1. The molecular weight excluding hydrogens is 357 g/mol. The molecule has 0 amide bonds. The molecule has 0 aliphatic carbocycles. The predicted octanol–water partition coefficient (Wildman–Crippen LogP) is 3.40. The molecule has 0 saturated carbocycles. The van der Waals surface area contributed by atoms with E-state index in [4.69, 9.17) is 4.74 Å². The lowest BCUT2D eigenvalue weighted by Gasteiger charge is -2.20. The zero-order valence-corrected chi connectivity index (χ0v) is 11.9. The molecule has 2 nitrogen and oxygen atoms in total. The summed E-state index contributed by atoms with van der Waals surface area (Å²) < 4.78 is 7.43. The number of nitrogens with zero attached hydrogens (tertiary/aromatic N) is 1. The number of halogens is 2. The van der Waals surface area contributed by atoms with Crippen LogP contribution < -0.4 is 0 Å². The summed E-state index contributed by atoms with van der Waals surface area (Å²) in [5.74, 6) is 0.312. The number of hydrogen-bond acceptors (Lipinski definition) is 2. The fourth-order valence-electron chi connectivity index (χ4n) is 1.31. The minimum absolute atomic E-state index is 0.224. The maximum absolute atomic E-state index is 5.40. The Bertz CT molecular complexity index is 291. The van der Waals surface area contributed by atoms with Crippen molar-refractivity contribution in [3.05, 3.63) is 28.5 Å². The van der Waals surface area contributed by atoms with E-state index in [0.717, 1.165) is 14.6 Å². The maximum Gasteiger partial charge on any atom is 0.0741 e. The molecule has 78 valence electrons. The highest BCUT2D eigenvalue weighted by Gasteiger charge is 2.20. The van der Waals surface area contributed by atoms with Crippen molar-refractivity contribution in [1.29, 1.82) is 0 Å². The van der Waals surface area contributed by atoms with E-state index in [1.807, 2.05) is 18.3 Å². The second kappa shape index (κ2) is 6.02. The van der Waals surface area contributed by atoms with Crippen LogP contribution in [0.5, 0.6) is 0 Å². The molecule has 2 atom stereocenters. The lowest BCUT2D eigenvalue weighted by molar-refractivity contribution is 0.104. The number of hydrogen-bond donors (Lipinski definition) is 0. The maximum atomic E-state index is 5.40. The lowest BCUT2D eigenvalue weighted by atomic mass is 10.0. The first-order valence-electron chi connectivity index (χ1n) is 4.39. The highest BCUT2D eigenvalue weighted by Crippen LogP contribution is 2.26. The SMILES string of the molecule is COC(CI)[C@@H](C)c1ncccc1Br. The molecule has 1 rings (SSSR count). The Morgan fingerprint density at radius 3 is 2.86 bits per heavy atom. The summed E-state index contributed by atoms with van der Waals surface area (Å²) in [5.41, 5.74) is 1.07. The van der Waals surface area contributed by atoms with Crippen molar-refractivity contribution in [1.82, 2.24) is 4.98 Å². The van der Waals surface area contributed by atoms with Crippen LogP contribution in [0.4, 0.5) is 0 Å². The molecule has 1 aromatic heterocycles. The first-order valence-corrected chi connectivity index (χ1v) is 6.71. The van der Waals surface area contributed by atoms with Crippen LogP contribution >= 0.6 is 38.5 Å². The van der Waals surface area contributed by atoms with Gasteiger partial charge in [-0.3, -0.25) is 4.98 Å². The lowest BCUT2D eigenvalue weighted by Crippen LogP contribution is -2.21. The van der Waals surface area contributed by atoms with Crippen molar-refractivity contribution in [2.24, 2.45) is 0 Å². The molecule has 0 spiro atoms. The van der Waals surface area contributed by atoms with Gasteiger partial charge in [-0.05, 0) is 28.1 Å². The molecule has 0 aliphatic rings. The number of rotatable bonds is 4. The fourth-order valence-corrected chi connectivity index (χ4v) is 3.05. The van der Waals surface area contributed by atoms with Crippen LogP contribution in [0.25, 0.3) is 0 Å². The Morgan fingerprint density at radius 2 is 2.36 bits per heavy atom. The van der Waals surface area contributed by atoms with Crippen LogP contribution in [0.2, 0.25) is 0 Å². The van der Waals surface area contributed by atoms with Crippen LogP contribution in [-0.4, -0.2) is 22.6 Å². The average Bonchev–Trinajstić information content (AvgIpc) is 2.20. The van der Waals surface area contributed by atoms with Crippen molar-refractivity contribution in [3.8, 4) is 0 Å². The Kier molecular flexibility index (Phi) is 5.33. The molecule has 0 radical (unpaired) electrons. The van der Waals surface area contributed by atoms with Crippen molar-refractivity contribution in [2.45, 2.75) is 18.9 Å². The van der Waals surface area contributed by atoms with E-state index in [-0.39, 0.29) is 6.10 Å². The number of methoxy groups -OCH3 is 1. The van der Waals surface area contributed by atoms with E-state index >= 15 is 0 Å². The number of ether oxygens (including phenoxy) is 1. The summed E-state index contributed by atoms with van der Waals surface area (Å²) in [5, 5.41) is 0. The molecule has 1 unspecified atom stereocenters. The minimum Gasteiger partial charge on any atom is -0.380 e. The molecule has 1 aromatic rings. The Labute approximate surface area is 107 Å². The van der Waals surface area contributed by atoms with E-state index in [1.54, 1.807) is 7.11 Å². The van der Waals surface area contributed by atoms with Gasteiger partial charge in [0.1, 0.15) is 0 Å². The highest BCUT2D eigenvalue weighted by molar-refractivity contribution is 14.1. The number of pyridine rings is 1. The molecule has 4 heteroatoms. The standard InChI is InChI=1S/C10H13BrINO/c1-7(9(6-12)14-2)10-8(11)4-3-5-13-10/h3-5,7,9H,6H2,1-2H3/t7-,9?/m1/s1. The molecule has 0 N–H and O–H groups in total.